The number of halogens is 3. The Kier molecular flexibility index (Phi) is 15.3. The molecule has 0 N–H and O–H groups in total. The number of unbranched alkanes of at least 4 members (excludes halogenated alkanes) is 7. The molecule has 0 spiro atoms. The minimum Gasteiger partial charge on any atom is -0.290 e. The molecule has 0 amide bonds. The zero-order chi connectivity index (χ0) is 18.8. The Morgan fingerprint density at radius 3 is 1.76 bits per heavy atom. The second kappa shape index (κ2) is 16.2. The first-order valence-electron chi connectivity index (χ1n) is 9.53. The van der Waals surface area contributed by atoms with Crippen LogP contribution in [-0.4, -0.2) is 12.0 Å². The van der Waals surface area contributed by atoms with Crippen LogP contribution in [0.5, 0.6) is 0 Å². The van der Waals surface area contributed by atoms with E-state index in [1.54, 1.807) is 0 Å². The minimum absolute atomic E-state index is 0.250. The lowest BCUT2D eigenvalue weighted by Crippen LogP contribution is -2.22. The van der Waals surface area contributed by atoms with Gasteiger partial charge in [-0.2, -0.15) is 13.2 Å². The molecular formula is C21H33F3O. The lowest BCUT2D eigenvalue weighted by molar-refractivity contribution is -0.171. The van der Waals surface area contributed by atoms with Crippen molar-refractivity contribution in [1.29, 1.82) is 0 Å². The van der Waals surface area contributed by atoms with Crippen molar-refractivity contribution in [2.24, 2.45) is 0 Å². The first kappa shape index (κ1) is 23.7. The molecule has 25 heavy (non-hydrogen) atoms. The molecule has 0 bridgehead atoms. The van der Waals surface area contributed by atoms with Gasteiger partial charge >= 0.3 is 6.18 Å². The largest absolute Gasteiger partial charge is 0.449 e. The van der Waals surface area contributed by atoms with Gasteiger partial charge in [0.2, 0.25) is 5.78 Å². The number of carbonyl (C=O) groups is 1. The highest BCUT2D eigenvalue weighted by atomic mass is 19.4. The van der Waals surface area contributed by atoms with Gasteiger partial charge in [-0.15, -0.1) is 0 Å². The Hall–Kier alpha value is -1.32. The monoisotopic (exact) mass is 358 g/mol. The van der Waals surface area contributed by atoms with Gasteiger partial charge in [-0.3, -0.25) is 4.79 Å². The standard InChI is InChI=1S/C21H33F3O/c1-2-3-4-5-6-7-8-9-10-11-12-13-14-15-16-17-18-19-20(25)21(22,23)24/h9-10,12-13,15-16H,2-8,11,14,17-19H2,1H3/b10-9-,13-12-,16-15-. The van der Waals surface area contributed by atoms with E-state index in [0.29, 0.717) is 6.42 Å². The summed E-state index contributed by atoms with van der Waals surface area (Å²) < 4.78 is 35.9. The zero-order valence-corrected chi connectivity index (χ0v) is 15.5. The zero-order valence-electron chi connectivity index (χ0n) is 15.5. The molecule has 0 radical (unpaired) electrons. The van der Waals surface area contributed by atoms with E-state index in [-0.39, 0.29) is 6.42 Å². The van der Waals surface area contributed by atoms with E-state index in [9.17, 15) is 18.0 Å². The second-order valence-electron chi connectivity index (χ2n) is 6.26. The molecule has 0 aliphatic carbocycles. The summed E-state index contributed by atoms with van der Waals surface area (Å²) in [4.78, 5) is 10.7. The van der Waals surface area contributed by atoms with Crippen molar-refractivity contribution in [3.05, 3.63) is 36.5 Å². The molecule has 0 unspecified atom stereocenters. The number of allylic oxidation sites excluding steroid dienone is 6. The molecule has 144 valence electrons. The molecule has 0 rings (SSSR count). The average molecular weight is 358 g/mol. The Morgan fingerprint density at radius 1 is 0.720 bits per heavy atom. The molecule has 0 saturated heterocycles. The molecule has 0 atom stereocenters. The van der Waals surface area contributed by atoms with E-state index in [0.717, 1.165) is 19.3 Å². The maximum absolute atomic E-state index is 12.0. The molecule has 0 heterocycles. The van der Waals surface area contributed by atoms with Crippen molar-refractivity contribution in [3.8, 4) is 0 Å². The second-order valence-corrected chi connectivity index (χ2v) is 6.26. The molecule has 4 heteroatoms. The molecule has 0 aromatic rings. The molecule has 0 fully saturated rings. The fourth-order valence-electron chi connectivity index (χ4n) is 2.34. The normalized spacial score (nSPS) is 12.8. The Labute approximate surface area is 151 Å². The van der Waals surface area contributed by atoms with Crippen molar-refractivity contribution < 1.29 is 18.0 Å². The predicted octanol–water partition coefficient (Wildman–Crippen LogP) is 7.49. The highest BCUT2D eigenvalue weighted by molar-refractivity contribution is 5.83. The first-order valence-corrected chi connectivity index (χ1v) is 9.53. The average Bonchev–Trinajstić information content (AvgIpc) is 2.56. The third-order valence-electron chi connectivity index (χ3n) is 3.86. The van der Waals surface area contributed by atoms with E-state index < -0.39 is 18.4 Å². The Bertz CT molecular complexity index is 406. The van der Waals surface area contributed by atoms with Crippen LogP contribution < -0.4 is 0 Å². The van der Waals surface area contributed by atoms with Gasteiger partial charge in [-0.25, -0.2) is 0 Å². The van der Waals surface area contributed by atoms with Gasteiger partial charge in [-0.1, -0.05) is 75.5 Å². The van der Waals surface area contributed by atoms with Crippen LogP contribution in [0.4, 0.5) is 13.2 Å². The predicted molar refractivity (Wildman–Crippen MR) is 99.6 cm³/mol. The van der Waals surface area contributed by atoms with Crippen LogP contribution in [0.25, 0.3) is 0 Å². The quantitative estimate of drug-likeness (QED) is 0.219. The van der Waals surface area contributed by atoms with Crippen LogP contribution in [0.2, 0.25) is 0 Å². The number of Topliss-reactive ketones (excluding diaryl/α,β-unsaturated/α-hetero) is 1. The molecule has 1 nitrogen and oxygen atoms in total. The minimum atomic E-state index is -4.69. The molecular weight excluding hydrogens is 325 g/mol. The van der Waals surface area contributed by atoms with Crippen LogP contribution in [0.1, 0.15) is 84.0 Å². The van der Waals surface area contributed by atoms with E-state index in [4.69, 9.17) is 0 Å². The van der Waals surface area contributed by atoms with Gasteiger partial charge in [0.25, 0.3) is 0 Å². The van der Waals surface area contributed by atoms with E-state index >= 15 is 0 Å². The third-order valence-corrected chi connectivity index (χ3v) is 3.86. The van der Waals surface area contributed by atoms with Gasteiger partial charge in [0, 0.05) is 6.42 Å². The Morgan fingerprint density at radius 2 is 1.20 bits per heavy atom. The van der Waals surface area contributed by atoms with Crippen LogP contribution in [-0.2, 0) is 4.79 Å². The molecule has 0 aromatic heterocycles. The summed E-state index contributed by atoms with van der Waals surface area (Å²) >= 11 is 0. The van der Waals surface area contributed by atoms with Crippen molar-refractivity contribution in [1.82, 2.24) is 0 Å². The molecule has 0 aliphatic rings. The summed E-state index contributed by atoms with van der Waals surface area (Å²) in [6.07, 6.45) is 18.7. The van der Waals surface area contributed by atoms with Crippen molar-refractivity contribution in [2.45, 2.75) is 90.1 Å². The van der Waals surface area contributed by atoms with Gasteiger partial charge in [0.05, 0.1) is 0 Å². The van der Waals surface area contributed by atoms with Crippen LogP contribution in [0.3, 0.4) is 0 Å². The van der Waals surface area contributed by atoms with Gasteiger partial charge in [0.1, 0.15) is 0 Å². The number of carbonyl (C=O) groups excluding carboxylic acids is 1. The van der Waals surface area contributed by atoms with Crippen LogP contribution in [0.15, 0.2) is 36.5 Å². The summed E-state index contributed by atoms with van der Waals surface area (Å²) in [7, 11) is 0. The van der Waals surface area contributed by atoms with Crippen molar-refractivity contribution >= 4 is 5.78 Å². The van der Waals surface area contributed by atoms with E-state index in [2.05, 4.69) is 25.2 Å². The number of alkyl halides is 3. The number of ketones is 1. The topological polar surface area (TPSA) is 17.1 Å². The van der Waals surface area contributed by atoms with Crippen molar-refractivity contribution in [2.75, 3.05) is 0 Å². The third kappa shape index (κ3) is 17.3. The highest BCUT2D eigenvalue weighted by Crippen LogP contribution is 2.19. The fourth-order valence-corrected chi connectivity index (χ4v) is 2.34. The lowest BCUT2D eigenvalue weighted by Gasteiger charge is -2.02. The van der Waals surface area contributed by atoms with Crippen LogP contribution in [0, 0.1) is 0 Å². The summed E-state index contributed by atoms with van der Waals surface area (Å²) in [6, 6.07) is 0. The number of rotatable bonds is 15. The van der Waals surface area contributed by atoms with E-state index in [1.165, 1.54) is 38.5 Å². The maximum atomic E-state index is 12.0. The van der Waals surface area contributed by atoms with Crippen LogP contribution >= 0.6 is 0 Å². The van der Waals surface area contributed by atoms with Gasteiger partial charge in [-0.05, 0) is 38.5 Å². The molecule has 0 saturated carbocycles. The first-order chi connectivity index (χ1) is 12.0. The van der Waals surface area contributed by atoms with Crippen molar-refractivity contribution in [3.63, 3.8) is 0 Å². The summed E-state index contributed by atoms with van der Waals surface area (Å²) in [5, 5.41) is 0. The van der Waals surface area contributed by atoms with Gasteiger partial charge < -0.3 is 0 Å². The maximum Gasteiger partial charge on any atom is 0.449 e. The summed E-state index contributed by atoms with van der Waals surface area (Å²) in [5.74, 6) is -1.63. The molecule has 0 aromatic carbocycles. The van der Waals surface area contributed by atoms with Gasteiger partial charge in [0.15, 0.2) is 0 Å². The SMILES string of the molecule is CCCCCCCC/C=C\C/C=C\C/C=C\CCCC(=O)C(F)(F)F. The van der Waals surface area contributed by atoms with E-state index in [1.807, 2.05) is 18.2 Å². The number of hydrogen-bond donors (Lipinski definition) is 0. The number of hydrogen-bond acceptors (Lipinski definition) is 1. The molecule has 0 aliphatic heterocycles. The highest BCUT2D eigenvalue weighted by Gasteiger charge is 2.36. The smallest absolute Gasteiger partial charge is 0.290 e. The lowest BCUT2D eigenvalue weighted by atomic mass is 10.1. The fraction of sp³-hybridized carbons (Fsp3) is 0.667. The summed E-state index contributed by atoms with van der Waals surface area (Å²) in [6.45, 7) is 2.23. The summed E-state index contributed by atoms with van der Waals surface area (Å²) in [5.41, 5.74) is 0. The Balaban J connectivity index is 3.45.